The molecule has 0 amide bonds. The van der Waals surface area contributed by atoms with E-state index in [1.165, 1.54) is 22.2 Å². The van der Waals surface area contributed by atoms with E-state index in [9.17, 15) is 9.59 Å². The van der Waals surface area contributed by atoms with Gasteiger partial charge in [-0.1, -0.05) is 6.92 Å². The zero-order valence-corrected chi connectivity index (χ0v) is 13.7. The first-order valence-electron chi connectivity index (χ1n) is 7.81. The Bertz CT molecular complexity index is 763. The van der Waals surface area contributed by atoms with Crippen LogP contribution in [0.3, 0.4) is 0 Å². The molecule has 2 heterocycles. The summed E-state index contributed by atoms with van der Waals surface area (Å²) >= 11 is 1.62. The van der Waals surface area contributed by atoms with Crippen LogP contribution in [-0.2, 0) is 22.4 Å². The van der Waals surface area contributed by atoms with Crippen molar-refractivity contribution >= 4 is 27.5 Å². The molecule has 1 unspecified atom stereocenters. The number of fused-ring (bicyclic) bond motifs is 3. The van der Waals surface area contributed by atoms with Gasteiger partial charge in [-0.2, -0.15) is 0 Å². The minimum Gasteiger partial charge on any atom is -0.464 e. The molecule has 0 fully saturated rings. The second-order valence-electron chi connectivity index (χ2n) is 5.69. The highest BCUT2D eigenvalue weighted by atomic mass is 32.1. The fourth-order valence-electron chi connectivity index (χ4n) is 2.87. The highest BCUT2D eigenvalue weighted by Crippen LogP contribution is 2.33. The van der Waals surface area contributed by atoms with Crippen molar-refractivity contribution in [1.82, 2.24) is 9.55 Å². The Balaban J connectivity index is 2.03. The van der Waals surface area contributed by atoms with E-state index in [4.69, 9.17) is 4.74 Å². The number of aryl methyl sites for hydroxylation is 2. The summed E-state index contributed by atoms with van der Waals surface area (Å²) in [4.78, 5) is 31.3. The van der Waals surface area contributed by atoms with Gasteiger partial charge in [0.15, 0.2) is 0 Å². The number of thiophene rings is 1. The number of esters is 1. The van der Waals surface area contributed by atoms with Crippen molar-refractivity contribution in [1.29, 1.82) is 0 Å². The summed E-state index contributed by atoms with van der Waals surface area (Å²) in [7, 11) is 0. The predicted molar refractivity (Wildman–Crippen MR) is 86.5 cm³/mol. The van der Waals surface area contributed by atoms with E-state index in [2.05, 4.69) is 4.98 Å². The number of carbonyl (C=O) groups is 1. The van der Waals surface area contributed by atoms with Crippen molar-refractivity contribution in [2.24, 2.45) is 0 Å². The zero-order valence-electron chi connectivity index (χ0n) is 12.9. The maximum absolute atomic E-state index is 12.8. The van der Waals surface area contributed by atoms with Crippen LogP contribution in [0.5, 0.6) is 0 Å². The molecule has 0 radical (unpaired) electrons. The fraction of sp³-hybridized carbons (Fsp3) is 0.562. The standard InChI is InChI=1S/C16H20N2O3S/c1-3-8-21-16(20)10(2)18-9-17-14-13(15(18)19)11-6-4-5-7-12(11)22-14/h9-10H,3-8H2,1-2H3. The second-order valence-corrected chi connectivity index (χ2v) is 6.78. The third kappa shape index (κ3) is 2.56. The SMILES string of the molecule is CCCOC(=O)C(C)n1cnc2sc3c(c2c1=O)CCCC3. The summed E-state index contributed by atoms with van der Waals surface area (Å²) in [5, 5.41) is 0.706. The predicted octanol–water partition coefficient (Wildman–Crippen LogP) is 2.85. The van der Waals surface area contributed by atoms with E-state index in [1.807, 2.05) is 6.92 Å². The average Bonchev–Trinajstić information content (AvgIpc) is 2.91. The molecule has 3 rings (SSSR count). The van der Waals surface area contributed by atoms with Gasteiger partial charge in [-0.15, -0.1) is 11.3 Å². The van der Waals surface area contributed by atoms with Crippen LogP contribution < -0.4 is 5.56 Å². The molecule has 0 aromatic carbocycles. The molecule has 0 bridgehead atoms. The van der Waals surface area contributed by atoms with Crippen molar-refractivity contribution in [2.45, 2.75) is 52.0 Å². The number of hydrogen-bond donors (Lipinski definition) is 0. The van der Waals surface area contributed by atoms with E-state index in [0.717, 1.165) is 36.1 Å². The lowest BCUT2D eigenvalue weighted by Gasteiger charge is -2.14. The van der Waals surface area contributed by atoms with Gasteiger partial charge in [0, 0.05) is 4.88 Å². The molecule has 0 aliphatic heterocycles. The molecule has 0 N–H and O–H groups in total. The summed E-state index contributed by atoms with van der Waals surface area (Å²) in [6.07, 6.45) is 6.50. The molecule has 2 aromatic rings. The van der Waals surface area contributed by atoms with Gasteiger partial charge in [-0.3, -0.25) is 9.36 Å². The Morgan fingerprint density at radius 2 is 2.23 bits per heavy atom. The molecule has 5 nitrogen and oxygen atoms in total. The van der Waals surface area contributed by atoms with E-state index >= 15 is 0 Å². The fourth-order valence-corrected chi connectivity index (χ4v) is 4.09. The number of carbonyl (C=O) groups excluding carboxylic acids is 1. The number of aromatic nitrogens is 2. The summed E-state index contributed by atoms with van der Waals surface area (Å²) in [6, 6.07) is -0.643. The van der Waals surface area contributed by atoms with Gasteiger partial charge in [0.2, 0.25) is 0 Å². The lowest BCUT2D eigenvalue weighted by molar-refractivity contribution is -0.147. The molecule has 0 spiro atoms. The Labute approximate surface area is 132 Å². The number of rotatable bonds is 4. The lowest BCUT2D eigenvalue weighted by Crippen LogP contribution is -2.30. The van der Waals surface area contributed by atoms with Crippen LogP contribution in [0.2, 0.25) is 0 Å². The van der Waals surface area contributed by atoms with Crippen molar-refractivity contribution in [3.8, 4) is 0 Å². The van der Waals surface area contributed by atoms with E-state index < -0.39 is 6.04 Å². The molecule has 0 saturated heterocycles. The van der Waals surface area contributed by atoms with Crippen LogP contribution in [0, 0.1) is 0 Å². The van der Waals surface area contributed by atoms with Crippen LogP contribution in [-0.4, -0.2) is 22.1 Å². The van der Waals surface area contributed by atoms with Gasteiger partial charge in [-0.25, -0.2) is 9.78 Å². The monoisotopic (exact) mass is 320 g/mol. The topological polar surface area (TPSA) is 61.2 Å². The van der Waals surface area contributed by atoms with Gasteiger partial charge < -0.3 is 4.74 Å². The first-order chi connectivity index (χ1) is 10.6. The molecular weight excluding hydrogens is 300 g/mol. The minimum absolute atomic E-state index is 0.120. The van der Waals surface area contributed by atoms with E-state index in [1.54, 1.807) is 18.3 Å². The van der Waals surface area contributed by atoms with E-state index in [0.29, 0.717) is 12.0 Å². The molecule has 118 valence electrons. The maximum atomic E-state index is 12.8. The minimum atomic E-state index is -0.643. The molecule has 2 aromatic heterocycles. The van der Waals surface area contributed by atoms with E-state index in [-0.39, 0.29) is 11.5 Å². The van der Waals surface area contributed by atoms with Crippen molar-refractivity contribution < 1.29 is 9.53 Å². The Morgan fingerprint density at radius 1 is 1.45 bits per heavy atom. The van der Waals surface area contributed by atoms with Gasteiger partial charge in [-0.05, 0) is 44.6 Å². The normalized spacial score (nSPS) is 15.5. The molecule has 1 aliphatic carbocycles. The molecule has 6 heteroatoms. The maximum Gasteiger partial charge on any atom is 0.328 e. The quantitative estimate of drug-likeness (QED) is 0.813. The van der Waals surface area contributed by atoms with Crippen LogP contribution in [0.25, 0.3) is 10.2 Å². The first-order valence-corrected chi connectivity index (χ1v) is 8.63. The second kappa shape index (κ2) is 6.20. The van der Waals surface area contributed by atoms with Crippen molar-refractivity contribution in [2.75, 3.05) is 6.61 Å². The molecule has 1 atom stereocenters. The van der Waals surface area contributed by atoms with Crippen LogP contribution in [0.4, 0.5) is 0 Å². The largest absolute Gasteiger partial charge is 0.464 e. The molecule has 1 aliphatic rings. The molecule has 0 saturated carbocycles. The highest BCUT2D eigenvalue weighted by Gasteiger charge is 2.23. The van der Waals surface area contributed by atoms with Crippen LogP contribution in [0.1, 0.15) is 49.6 Å². The third-order valence-corrected chi connectivity index (χ3v) is 5.31. The number of ether oxygens (including phenoxy) is 1. The van der Waals surface area contributed by atoms with Crippen LogP contribution >= 0.6 is 11.3 Å². The molecule has 22 heavy (non-hydrogen) atoms. The number of nitrogens with zero attached hydrogens (tertiary/aromatic N) is 2. The average molecular weight is 320 g/mol. The van der Waals surface area contributed by atoms with Gasteiger partial charge in [0.05, 0.1) is 18.3 Å². The Hall–Kier alpha value is -1.69. The summed E-state index contributed by atoms with van der Waals surface area (Å²) in [6.45, 7) is 4.00. The van der Waals surface area contributed by atoms with Crippen LogP contribution in [0.15, 0.2) is 11.1 Å². The summed E-state index contributed by atoms with van der Waals surface area (Å²) in [5.74, 6) is -0.380. The zero-order chi connectivity index (χ0) is 15.7. The van der Waals surface area contributed by atoms with Gasteiger partial charge in [0.1, 0.15) is 10.9 Å². The number of hydrogen-bond acceptors (Lipinski definition) is 5. The van der Waals surface area contributed by atoms with Crippen molar-refractivity contribution in [3.63, 3.8) is 0 Å². The summed E-state index contributed by atoms with van der Waals surface area (Å²) < 4.78 is 6.55. The highest BCUT2D eigenvalue weighted by molar-refractivity contribution is 7.18. The molecular formula is C16H20N2O3S. The third-order valence-electron chi connectivity index (χ3n) is 4.11. The lowest BCUT2D eigenvalue weighted by atomic mass is 9.97. The Kier molecular flexibility index (Phi) is 4.29. The Morgan fingerprint density at radius 3 is 3.00 bits per heavy atom. The summed E-state index contributed by atoms with van der Waals surface area (Å²) in [5.41, 5.74) is 1.03. The van der Waals surface area contributed by atoms with Gasteiger partial charge in [0.25, 0.3) is 5.56 Å². The first kappa shape index (κ1) is 15.2. The van der Waals surface area contributed by atoms with Gasteiger partial charge >= 0.3 is 5.97 Å². The smallest absolute Gasteiger partial charge is 0.328 e. The van der Waals surface area contributed by atoms with Crippen molar-refractivity contribution in [3.05, 3.63) is 27.1 Å².